The van der Waals surface area contributed by atoms with E-state index >= 15 is 0 Å². The van der Waals surface area contributed by atoms with Crippen LogP contribution in [0.4, 0.5) is 4.79 Å². The summed E-state index contributed by atoms with van der Waals surface area (Å²) in [6.07, 6.45) is 5.25. The Morgan fingerprint density at radius 3 is 2.43 bits per heavy atom. The average Bonchev–Trinajstić information content (AvgIpc) is 3.94. The monoisotopic (exact) mass is 602 g/mol. The van der Waals surface area contributed by atoms with Crippen LogP contribution < -0.4 is 5.32 Å². The molecule has 0 spiro atoms. The molecule has 216 valence electrons. The summed E-state index contributed by atoms with van der Waals surface area (Å²) in [5.41, 5.74) is 5.58. The number of rotatable bonds is 7. The molecule has 3 amide bonds. The number of benzene rings is 3. The van der Waals surface area contributed by atoms with Crippen LogP contribution in [-0.4, -0.2) is 52.8 Å². The number of fused-ring (bicyclic) bond motifs is 3. The highest BCUT2D eigenvalue weighted by atomic mass is 35.5. The quantitative estimate of drug-likeness (QED) is 0.272. The van der Waals surface area contributed by atoms with E-state index in [-0.39, 0.29) is 14.6 Å². The second-order valence-electron chi connectivity index (χ2n) is 11.8. The Balaban J connectivity index is 1.14. The Hall–Kier alpha value is -3.82. The van der Waals surface area contributed by atoms with Crippen LogP contribution in [0.25, 0.3) is 16.6 Å². The van der Waals surface area contributed by atoms with Crippen molar-refractivity contribution in [2.24, 2.45) is 0 Å². The van der Waals surface area contributed by atoms with Gasteiger partial charge < -0.3 is 14.8 Å². The van der Waals surface area contributed by atoms with E-state index in [1.54, 1.807) is 23.1 Å². The number of likely N-dealkylation sites (N-methyl/N-ethyl adjacent to an activating group) is 1. The maximum Gasteiger partial charge on any atom is 0.347 e. The highest BCUT2D eigenvalue weighted by molar-refractivity contribution is 7.90. The number of hydrogen-bond acceptors (Lipinski definition) is 4. The zero-order chi connectivity index (χ0) is 29.2. The predicted molar refractivity (Wildman–Crippen MR) is 161 cm³/mol. The number of amides is 3. The number of aromatic nitrogens is 1. The lowest BCUT2D eigenvalue weighted by Gasteiger charge is -2.24. The van der Waals surface area contributed by atoms with Gasteiger partial charge in [0.1, 0.15) is 5.69 Å². The van der Waals surface area contributed by atoms with Gasteiger partial charge in [0.15, 0.2) is 0 Å². The van der Waals surface area contributed by atoms with E-state index < -0.39 is 21.6 Å². The van der Waals surface area contributed by atoms with Gasteiger partial charge in [-0.15, -0.1) is 3.82 Å². The molecule has 0 bridgehead atoms. The molecule has 1 N–H and O–H groups in total. The first-order valence-electron chi connectivity index (χ1n) is 14.3. The Labute approximate surface area is 250 Å². The van der Waals surface area contributed by atoms with Crippen LogP contribution in [0.2, 0.25) is 0 Å². The summed E-state index contributed by atoms with van der Waals surface area (Å²) in [5, 5.41) is 4.01. The van der Waals surface area contributed by atoms with Gasteiger partial charge in [0.2, 0.25) is 0 Å². The van der Waals surface area contributed by atoms with Crippen molar-refractivity contribution in [1.82, 2.24) is 18.6 Å². The van der Waals surface area contributed by atoms with Crippen LogP contribution in [0.1, 0.15) is 58.8 Å². The van der Waals surface area contributed by atoms with Gasteiger partial charge in [-0.25, -0.2) is 4.79 Å². The minimum absolute atomic E-state index is 0.0280. The third-order valence-electron chi connectivity index (χ3n) is 8.77. The molecular formula is C32H31ClN4O4S. The molecule has 8 nitrogen and oxygen atoms in total. The van der Waals surface area contributed by atoms with Crippen molar-refractivity contribution < 1.29 is 18.0 Å². The maximum atomic E-state index is 13.4. The first-order valence-corrected chi connectivity index (χ1v) is 16.0. The molecule has 4 aromatic rings. The number of nitrogens with one attached hydrogen (secondary N) is 1. The molecule has 2 fully saturated rings. The molecular weight excluding hydrogens is 572 g/mol. The summed E-state index contributed by atoms with van der Waals surface area (Å²) in [6.45, 7) is 0.706. The van der Waals surface area contributed by atoms with Crippen LogP contribution in [0.5, 0.6) is 0 Å². The number of urea groups is 1. The Morgan fingerprint density at radius 1 is 1.05 bits per heavy atom. The van der Waals surface area contributed by atoms with Gasteiger partial charge in [0.25, 0.3) is 15.9 Å². The lowest BCUT2D eigenvalue weighted by molar-refractivity contribution is 0.0773. The standard InChI is InChI=1S/C32H31ClN4O4S/c1-35-18-15-26-27-19-23(22-9-10-22)11-14-28(27)36(29(26)30(35)38)24-12-7-21(8-13-24)20-32(16-17-32)34-31(39)37(33)42(40,41)25-5-3-2-4-6-25/h2-8,11-14,19,22H,9-10,15-18,20H2,1H3,(H,34,39). The highest BCUT2D eigenvalue weighted by Gasteiger charge is 2.46. The molecule has 2 aliphatic carbocycles. The zero-order valence-corrected chi connectivity index (χ0v) is 24.8. The topological polar surface area (TPSA) is 91.7 Å². The van der Waals surface area contributed by atoms with Crippen molar-refractivity contribution in [3.63, 3.8) is 0 Å². The van der Waals surface area contributed by atoms with E-state index in [9.17, 15) is 18.0 Å². The zero-order valence-electron chi connectivity index (χ0n) is 23.2. The predicted octanol–water partition coefficient (Wildman–Crippen LogP) is 5.77. The van der Waals surface area contributed by atoms with Crippen LogP contribution >= 0.6 is 11.8 Å². The molecule has 7 rings (SSSR count). The number of nitrogens with zero attached hydrogens (tertiary/aromatic N) is 3. The number of carbonyl (C=O) groups is 2. The van der Waals surface area contributed by atoms with Gasteiger partial charge >= 0.3 is 6.03 Å². The molecule has 0 saturated heterocycles. The number of hydrogen-bond donors (Lipinski definition) is 1. The Kier molecular flexibility index (Phi) is 6.36. The van der Waals surface area contributed by atoms with Gasteiger partial charge in [0.05, 0.1) is 10.4 Å². The lowest BCUT2D eigenvalue weighted by Crippen LogP contribution is -2.45. The molecule has 42 heavy (non-hydrogen) atoms. The first kappa shape index (κ1) is 27.0. The largest absolute Gasteiger partial charge is 0.347 e. The second kappa shape index (κ2) is 9.88. The SMILES string of the molecule is CN1CCc2c(n(-c3ccc(CC4(NC(=O)N(Cl)S(=O)(=O)c5ccccc5)CC4)cc3)c3ccc(C4CC4)cc23)C1=O. The van der Waals surface area contributed by atoms with Crippen LogP contribution in [0.3, 0.4) is 0 Å². The molecule has 3 aromatic carbocycles. The molecule has 0 atom stereocenters. The van der Waals surface area contributed by atoms with Gasteiger partial charge in [0, 0.05) is 42.0 Å². The van der Waals surface area contributed by atoms with Crippen molar-refractivity contribution in [3.8, 4) is 5.69 Å². The summed E-state index contributed by atoms with van der Waals surface area (Å²) in [5.74, 6) is 0.662. The van der Waals surface area contributed by atoms with Gasteiger partial charge in [-0.3, -0.25) is 4.79 Å². The van der Waals surface area contributed by atoms with E-state index in [1.807, 2.05) is 31.3 Å². The molecule has 2 saturated carbocycles. The Bertz CT molecular complexity index is 1830. The van der Waals surface area contributed by atoms with E-state index in [0.29, 0.717) is 18.9 Å². The van der Waals surface area contributed by atoms with Crippen LogP contribution in [0, 0.1) is 0 Å². The van der Waals surface area contributed by atoms with Crippen molar-refractivity contribution in [3.05, 3.63) is 95.2 Å². The molecule has 10 heteroatoms. The second-order valence-corrected chi connectivity index (χ2v) is 14.1. The minimum atomic E-state index is -4.17. The normalized spacial score (nSPS) is 17.7. The fraction of sp³-hybridized carbons (Fsp3) is 0.312. The summed E-state index contributed by atoms with van der Waals surface area (Å²) in [6, 6.07) is 21.4. The number of carbonyl (C=O) groups excluding carboxylic acids is 2. The van der Waals surface area contributed by atoms with Crippen molar-refractivity contribution in [2.45, 2.75) is 54.9 Å². The van der Waals surface area contributed by atoms with Crippen molar-refractivity contribution >= 4 is 44.6 Å². The lowest BCUT2D eigenvalue weighted by atomic mass is 10.0. The minimum Gasteiger partial charge on any atom is -0.340 e. The fourth-order valence-corrected chi connectivity index (χ4v) is 7.30. The van der Waals surface area contributed by atoms with Crippen LogP contribution in [-0.2, 0) is 22.9 Å². The molecule has 1 aromatic heterocycles. The highest BCUT2D eigenvalue weighted by Crippen LogP contribution is 2.43. The molecule has 0 radical (unpaired) electrons. The maximum absolute atomic E-state index is 13.4. The van der Waals surface area contributed by atoms with E-state index in [4.69, 9.17) is 11.8 Å². The third kappa shape index (κ3) is 4.65. The van der Waals surface area contributed by atoms with E-state index in [0.717, 1.165) is 52.7 Å². The van der Waals surface area contributed by atoms with Crippen molar-refractivity contribution in [1.29, 1.82) is 0 Å². The van der Waals surface area contributed by atoms with Gasteiger partial charge in [-0.05, 0) is 97.5 Å². The summed E-state index contributed by atoms with van der Waals surface area (Å²) >= 11 is 6.03. The van der Waals surface area contributed by atoms with E-state index in [1.165, 1.54) is 30.5 Å². The molecule has 0 unspecified atom stereocenters. The van der Waals surface area contributed by atoms with E-state index in [2.05, 4.69) is 28.1 Å². The number of sulfonamides is 1. The summed E-state index contributed by atoms with van der Waals surface area (Å²) in [4.78, 5) is 28.0. The average molecular weight is 603 g/mol. The summed E-state index contributed by atoms with van der Waals surface area (Å²) in [7, 11) is -2.32. The van der Waals surface area contributed by atoms with Gasteiger partial charge in [-0.1, -0.05) is 36.4 Å². The fourth-order valence-electron chi connectivity index (χ4n) is 6.07. The van der Waals surface area contributed by atoms with Crippen molar-refractivity contribution in [2.75, 3.05) is 13.6 Å². The third-order valence-corrected chi connectivity index (χ3v) is 10.9. The summed E-state index contributed by atoms with van der Waals surface area (Å²) < 4.78 is 27.9. The molecule has 3 aliphatic rings. The molecule has 2 heterocycles. The molecule has 1 aliphatic heterocycles. The first-order chi connectivity index (χ1) is 20.2. The smallest absolute Gasteiger partial charge is 0.340 e. The Morgan fingerprint density at radius 2 is 1.76 bits per heavy atom. The van der Waals surface area contributed by atoms with Gasteiger partial charge in [-0.2, -0.15) is 8.42 Å². The number of halogens is 1. The van der Waals surface area contributed by atoms with Crippen LogP contribution in [0.15, 0.2) is 77.7 Å².